The van der Waals surface area contributed by atoms with Gasteiger partial charge in [-0.3, -0.25) is 0 Å². The van der Waals surface area contributed by atoms with Crippen LogP contribution in [-0.4, -0.2) is 16.0 Å². The first-order valence-electron chi connectivity index (χ1n) is 5.50. The predicted octanol–water partition coefficient (Wildman–Crippen LogP) is 2.61. The van der Waals surface area contributed by atoms with Crippen LogP contribution in [-0.2, 0) is 0 Å². The zero-order valence-electron chi connectivity index (χ0n) is 8.91. The van der Waals surface area contributed by atoms with Crippen LogP contribution < -0.4 is 5.32 Å². The Morgan fingerprint density at radius 3 is 2.60 bits per heavy atom. The minimum absolute atomic E-state index is 0.391. The molecule has 0 bridgehead atoms. The van der Waals surface area contributed by atoms with Crippen LogP contribution in [0.15, 0.2) is 12.4 Å². The maximum absolute atomic E-state index is 12.6. The minimum Gasteiger partial charge on any atom is -0.351 e. The summed E-state index contributed by atoms with van der Waals surface area (Å²) in [7, 11) is 0. The van der Waals surface area contributed by atoms with Crippen molar-refractivity contribution in [1.82, 2.24) is 9.97 Å². The Labute approximate surface area is 89.1 Å². The molecule has 1 fully saturated rings. The largest absolute Gasteiger partial charge is 0.351 e. The first-order chi connectivity index (χ1) is 7.25. The van der Waals surface area contributed by atoms with Gasteiger partial charge in [0.1, 0.15) is 0 Å². The van der Waals surface area contributed by atoms with Crippen LogP contribution in [0.2, 0.25) is 0 Å². The topological polar surface area (TPSA) is 37.8 Å². The zero-order chi connectivity index (χ0) is 10.7. The van der Waals surface area contributed by atoms with E-state index in [0.29, 0.717) is 17.9 Å². The van der Waals surface area contributed by atoms with Crippen LogP contribution in [0.1, 0.15) is 32.6 Å². The van der Waals surface area contributed by atoms with Gasteiger partial charge in [0, 0.05) is 6.04 Å². The van der Waals surface area contributed by atoms with Crippen molar-refractivity contribution < 1.29 is 4.39 Å². The second-order valence-corrected chi connectivity index (χ2v) is 4.24. The molecule has 1 N–H and O–H groups in total. The van der Waals surface area contributed by atoms with Crippen LogP contribution in [0.5, 0.6) is 0 Å². The van der Waals surface area contributed by atoms with Gasteiger partial charge in [0.05, 0.1) is 12.4 Å². The maximum Gasteiger partial charge on any atom is 0.223 e. The van der Waals surface area contributed by atoms with E-state index in [9.17, 15) is 4.39 Å². The normalized spacial score (nSPS) is 26.3. The standard InChI is InChI=1S/C11H16FN3/c1-8-4-2-3-5-10(8)15-11-13-6-9(12)7-14-11/h6-8,10H,2-5H2,1H3,(H,13,14,15). The quantitative estimate of drug-likeness (QED) is 0.813. The summed E-state index contributed by atoms with van der Waals surface area (Å²) in [6, 6.07) is 0.434. The molecule has 1 aliphatic rings. The lowest BCUT2D eigenvalue weighted by Gasteiger charge is -2.29. The predicted molar refractivity (Wildman–Crippen MR) is 57.0 cm³/mol. The zero-order valence-corrected chi connectivity index (χ0v) is 8.91. The number of nitrogens with one attached hydrogen (secondary N) is 1. The number of hydrogen-bond donors (Lipinski definition) is 1. The minimum atomic E-state index is -0.391. The van der Waals surface area contributed by atoms with Gasteiger partial charge in [-0.1, -0.05) is 19.8 Å². The lowest BCUT2D eigenvalue weighted by atomic mass is 9.86. The van der Waals surface area contributed by atoms with Crippen LogP contribution in [0.25, 0.3) is 0 Å². The van der Waals surface area contributed by atoms with Crippen molar-refractivity contribution in [2.75, 3.05) is 5.32 Å². The van der Waals surface area contributed by atoms with Gasteiger partial charge in [-0.2, -0.15) is 0 Å². The molecule has 0 saturated heterocycles. The van der Waals surface area contributed by atoms with Crippen molar-refractivity contribution in [2.45, 2.75) is 38.6 Å². The molecule has 3 nitrogen and oxygen atoms in total. The summed E-state index contributed by atoms with van der Waals surface area (Å²) < 4.78 is 12.6. The number of halogens is 1. The van der Waals surface area contributed by atoms with Crippen molar-refractivity contribution in [3.8, 4) is 0 Å². The average Bonchev–Trinajstić information content (AvgIpc) is 2.25. The van der Waals surface area contributed by atoms with E-state index in [0.717, 1.165) is 6.42 Å². The Bertz CT molecular complexity index is 312. The van der Waals surface area contributed by atoms with Gasteiger partial charge < -0.3 is 5.32 Å². The monoisotopic (exact) mass is 209 g/mol. The van der Waals surface area contributed by atoms with E-state index in [1.807, 2.05) is 0 Å². The number of anilines is 1. The molecule has 0 radical (unpaired) electrons. The summed E-state index contributed by atoms with van der Waals surface area (Å²) >= 11 is 0. The van der Waals surface area contributed by atoms with Crippen LogP contribution in [0.4, 0.5) is 10.3 Å². The fraction of sp³-hybridized carbons (Fsp3) is 0.636. The number of hydrogen-bond acceptors (Lipinski definition) is 3. The summed E-state index contributed by atoms with van der Waals surface area (Å²) in [6.45, 7) is 2.24. The molecule has 1 aromatic rings. The summed E-state index contributed by atoms with van der Waals surface area (Å²) in [4.78, 5) is 7.82. The Balaban J connectivity index is 1.98. The highest BCUT2D eigenvalue weighted by atomic mass is 19.1. The third-order valence-electron chi connectivity index (χ3n) is 3.05. The van der Waals surface area contributed by atoms with Gasteiger partial charge in [-0.05, 0) is 18.8 Å². The fourth-order valence-corrected chi connectivity index (χ4v) is 2.08. The number of rotatable bonds is 2. The third kappa shape index (κ3) is 2.64. The second-order valence-electron chi connectivity index (χ2n) is 4.24. The molecule has 15 heavy (non-hydrogen) atoms. The van der Waals surface area contributed by atoms with Crippen LogP contribution >= 0.6 is 0 Å². The molecule has 4 heteroatoms. The van der Waals surface area contributed by atoms with Gasteiger partial charge in [0.25, 0.3) is 0 Å². The van der Waals surface area contributed by atoms with Gasteiger partial charge in [0.2, 0.25) is 5.95 Å². The molecule has 2 rings (SSSR count). The summed E-state index contributed by atoms with van der Waals surface area (Å²) in [6.07, 6.45) is 7.36. The summed E-state index contributed by atoms with van der Waals surface area (Å²) in [5.41, 5.74) is 0. The highest BCUT2D eigenvalue weighted by Gasteiger charge is 2.21. The molecule has 82 valence electrons. The van der Waals surface area contributed by atoms with Crippen molar-refractivity contribution in [2.24, 2.45) is 5.92 Å². The van der Waals surface area contributed by atoms with E-state index < -0.39 is 5.82 Å². The average molecular weight is 209 g/mol. The third-order valence-corrected chi connectivity index (χ3v) is 3.05. The highest BCUT2D eigenvalue weighted by molar-refractivity contribution is 5.25. The van der Waals surface area contributed by atoms with Gasteiger partial charge in [-0.15, -0.1) is 0 Å². The summed E-state index contributed by atoms with van der Waals surface area (Å²) in [5.74, 6) is 0.791. The molecule has 1 saturated carbocycles. The Morgan fingerprint density at radius 2 is 1.93 bits per heavy atom. The Hall–Kier alpha value is -1.19. The van der Waals surface area contributed by atoms with Crippen molar-refractivity contribution >= 4 is 5.95 Å². The Morgan fingerprint density at radius 1 is 1.27 bits per heavy atom. The molecule has 1 aromatic heterocycles. The van der Waals surface area contributed by atoms with E-state index in [1.165, 1.54) is 31.7 Å². The molecular formula is C11H16FN3. The first-order valence-corrected chi connectivity index (χ1v) is 5.50. The van der Waals surface area contributed by atoms with Crippen molar-refractivity contribution in [3.63, 3.8) is 0 Å². The van der Waals surface area contributed by atoms with E-state index in [2.05, 4.69) is 22.2 Å². The molecule has 0 spiro atoms. The molecule has 0 aromatic carbocycles. The molecule has 0 amide bonds. The molecule has 0 aliphatic heterocycles. The van der Waals surface area contributed by atoms with Gasteiger partial charge in [-0.25, -0.2) is 14.4 Å². The number of nitrogens with zero attached hydrogens (tertiary/aromatic N) is 2. The molecule has 2 atom stereocenters. The second kappa shape index (κ2) is 4.55. The smallest absolute Gasteiger partial charge is 0.223 e. The van der Waals surface area contributed by atoms with Crippen LogP contribution in [0.3, 0.4) is 0 Å². The first kappa shape index (κ1) is 10.3. The Kier molecular flexibility index (Phi) is 3.14. The molecular weight excluding hydrogens is 193 g/mol. The molecule has 1 aliphatic carbocycles. The van der Waals surface area contributed by atoms with E-state index in [-0.39, 0.29) is 0 Å². The summed E-state index contributed by atoms with van der Waals surface area (Å²) in [5, 5.41) is 3.27. The number of aromatic nitrogens is 2. The molecule has 1 heterocycles. The maximum atomic E-state index is 12.6. The van der Waals surface area contributed by atoms with E-state index >= 15 is 0 Å². The van der Waals surface area contributed by atoms with Crippen LogP contribution in [0, 0.1) is 11.7 Å². The lowest BCUT2D eigenvalue weighted by Crippen LogP contribution is -2.31. The van der Waals surface area contributed by atoms with E-state index in [1.54, 1.807) is 0 Å². The van der Waals surface area contributed by atoms with Crippen molar-refractivity contribution in [3.05, 3.63) is 18.2 Å². The highest BCUT2D eigenvalue weighted by Crippen LogP contribution is 2.25. The van der Waals surface area contributed by atoms with Gasteiger partial charge in [0.15, 0.2) is 5.82 Å². The van der Waals surface area contributed by atoms with E-state index in [4.69, 9.17) is 0 Å². The van der Waals surface area contributed by atoms with Crippen molar-refractivity contribution in [1.29, 1.82) is 0 Å². The lowest BCUT2D eigenvalue weighted by molar-refractivity contribution is 0.348. The molecule has 2 unspecified atom stereocenters. The SMILES string of the molecule is CC1CCCCC1Nc1ncc(F)cn1. The fourth-order valence-electron chi connectivity index (χ4n) is 2.08. The van der Waals surface area contributed by atoms with Gasteiger partial charge >= 0.3 is 0 Å².